The van der Waals surface area contributed by atoms with Crippen LogP contribution in [0, 0.1) is 0 Å². The predicted octanol–water partition coefficient (Wildman–Crippen LogP) is 4.37. The highest BCUT2D eigenvalue weighted by atomic mass is 35.5. The SMILES string of the molecule is CCC(C)N(C)CCNC(C)c1ccc(Cl)cc1Cl. The zero-order valence-corrected chi connectivity index (χ0v) is 13.7. The van der Waals surface area contributed by atoms with E-state index in [1.165, 1.54) is 6.42 Å². The van der Waals surface area contributed by atoms with E-state index in [1.54, 1.807) is 6.07 Å². The van der Waals surface area contributed by atoms with Crippen molar-refractivity contribution in [2.45, 2.75) is 39.3 Å². The van der Waals surface area contributed by atoms with Crippen LogP contribution in [-0.2, 0) is 0 Å². The number of likely N-dealkylation sites (N-methyl/N-ethyl adjacent to an activating group) is 1. The molecule has 0 heterocycles. The largest absolute Gasteiger partial charge is 0.309 e. The molecule has 2 atom stereocenters. The molecule has 0 saturated heterocycles. The zero-order valence-electron chi connectivity index (χ0n) is 12.2. The third kappa shape index (κ3) is 5.31. The lowest BCUT2D eigenvalue weighted by molar-refractivity contribution is 0.249. The Morgan fingerprint density at radius 1 is 1.26 bits per heavy atom. The standard InChI is InChI=1S/C15H24Cl2N2/c1-5-11(2)19(4)9-8-18-12(3)14-7-6-13(16)10-15(14)17/h6-7,10-12,18H,5,8-9H2,1-4H3. The zero-order chi connectivity index (χ0) is 14.4. The average Bonchev–Trinajstić information content (AvgIpc) is 2.37. The molecule has 0 bridgehead atoms. The summed E-state index contributed by atoms with van der Waals surface area (Å²) in [5.41, 5.74) is 1.09. The quantitative estimate of drug-likeness (QED) is 0.804. The van der Waals surface area contributed by atoms with Crippen LogP contribution in [0.1, 0.15) is 38.8 Å². The maximum absolute atomic E-state index is 6.20. The van der Waals surface area contributed by atoms with Gasteiger partial charge in [-0.15, -0.1) is 0 Å². The lowest BCUT2D eigenvalue weighted by Gasteiger charge is -2.24. The van der Waals surface area contributed by atoms with Crippen LogP contribution in [0.3, 0.4) is 0 Å². The number of halogens is 2. The maximum atomic E-state index is 6.20. The maximum Gasteiger partial charge on any atom is 0.0468 e. The van der Waals surface area contributed by atoms with Crippen molar-refractivity contribution in [2.75, 3.05) is 20.1 Å². The van der Waals surface area contributed by atoms with Gasteiger partial charge in [0.1, 0.15) is 0 Å². The van der Waals surface area contributed by atoms with Crippen LogP contribution < -0.4 is 5.32 Å². The number of nitrogens with zero attached hydrogens (tertiary/aromatic N) is 1. The van der Waals surface area contributed by atoms with E-state index in [0.29, 0.717) is 11.1 Å². The van der Waals surface area contributed by atoms with Crippen molar-refractivity contribution >= 4 is 23.2 Å². The van der Waals surface area contributed by atoms with Crippen LogP contribution >= 0.6 is 23.2 Å². The minimum absolute atomic E-state index is 0.232. The van der Waals surface area contributed by atoms with Crippen LogP contribution in [0.5, 0.6) is 0 Å². The molecule has 0 saturated carbocycles. The van der Waals surface area contributed by atoms with Crippen molar-refractivity contribution < 1.29 is 0 Å². The molecule has 0 amide bonds. The van der Waals surface area contributed by atoms with Crippen molar-refractivity contribution in [1.29, 1.82) is 0 Å². The van der Waals surface area contributed by atoms with Crippen molar-refractivity contribution in [3.05, 3.63) is 33.8 Å². The summed E-state index contributed by atoms with van der Waals surface area (Å²) in [6.45, 7) is 8.56. The third-order valence-electron chi connectivity index (χ3n) is 3.69. The van der Waals surface area contributed by atoms with E-state index in [2.05, 4.69) is 38.0 Å². The van der Waals surface area contributed by atoms with E-state index in [9.17, 15) is 0 Å². The summed E-state index contributed by atoms with van der Waals surface area (Å²) in [6.07, 6.45) is 1.18. The fraction of sp³-hybridized carbons (Fsp3) is 0.600. The summed E-state index contributed by atoms with van der Waals surface area (Å²) in [6, 6.07) is 6.51. The second-order valence-electron chi connectivity index (χ2n) is 5.08. The molecule has 2 nitrogen and oxygen atoms in total. The number of benzene rings is 1. The monoisotopic (exact) mass is 302 g/mol. The van der Waals surface area contributed by atoms with Crippen molar-refractivity contribution in [1.82, 2.24) is 10.2 Å². The molecule has 0 aliphatic carbocycles. The molecular weight excluding hydrogens is 279 g/mol. The lowest BCUT2D eigenvalue weighted by Crippen LogP contribution is -2.35. The smallest absolute Gasteiger partial charge is 0.0468 e. The number of rotatable bonds is 7. The average molecular weight is 303 g/mol. The Morgan fingerprint density at radius 3 is 2.53 bits per heavy atom. The highest BCUT2D eigenvalue weighted by molar-refractivity contribution is 6.35. The number of hydrogen-bond donors (Lipinski definition) is 1. The summed E-state index contributed by atoms with van der Waals surface area (Å²) in [7, 11) is 2.16. The van der Waals surface area contributed by atoms with Gasteiger partial charge in [-0.3, -0.25) is 0 Å². The summed E-state index contributed by atoms with van der Waals surface area (Å²) in [5.74, 6) is 0. The second kappa shape index (κ2) is 8.11. The molecule has 0 fully saturated rings. The normalized spacial score (nSPS) is 14.7. The Labute approximate surface area is 127 Å². The van der Waals surface area contributed by atoms with Crippen molar-refractivity contribution in [2.24, 2.45) is 0 Å². The molecular formula is C15H24Cl2N2. The molecule has 19 heavy (non-hydrogen) atoms. The Bertz CT molecular complexity index is 396. The van der Waals surface area contributed by atoms with Crippen LogP contribution in [-0.4, -0.2) is 31.1 Å². The van der Waals surface area contributed by atoms with Crippen molar-refractivity contribution in [3.63, 3.8) is 0 Å². The Hall–Kier alpha value is -0.280. The summed E-state index contributed by atoms with van der Waals surface area (Å²) < 4.78 is 0. The number of hydrogen-bond acceptors (Lipinski definition) is 2. The van der Waals surface area contributed by atoms with E-state index >= 15 is 0 Å². The topological polar surface area (TPSA) is 15.3 Å². The molecule has 1 rings (SSSR count). The molecule has 0 aliphatic rings. The Balaban J connectivity index is 2.45. The molecule has 2 unspecified atom stereocenters. The molecule has 0 radical (unpaired) electrons. The van der Waals surface area contributed by atoms with Crippen LogP contribution in [0.2, 0.25) is 10.0 Å². The third-order valence-corrected chi connectivity index (χ3v) is 4.25. The summed E-state index contributed by atoms with van der Waals surface area (Å²) in [4.78, 5) is 2.36. The fourth-order valence-electron chi connectivity index (χ4n) is 1.95. The van der Waals surface area contributed by atoms with Gasteiger partial charge in [0, 0.05) is 35.2 Å². The second-order valence-corrected chi connectivity index (χ2v) is 5.92. The van der Waals surface area contributed by atoms with E-state index in [4.69, 9.17) is 23.2 Å². The molecule has 1 aromatic rings. The van der Waals surface area contributed by atoms with E-state index in [-0.39, 0.29) is 6.04 Å². The minimum atomic E-state index is 0.232. The summed E-state index contributed by atoms with van der Waals surface area (Å²) in [5, 5.41) is 4.90. The highest BCUT2D eigenvalue weighted by Crippen LogP contribution is 2.25. The first kappa shape index (κ1) is 16.8. The number of nitrogens with one attached hydrogen (secondary N) is 1. The van der Waals surface area contributed by atoms with Gasteiger partial charge in [-0.25, -0.2) is 0 Å². The molecule has 0 aromatic heterocycles. The van der Waals surface area contributed by atoms with E-state index < -0.39 is 0 Å². The van der Waals surface area contributed by atoms with Crippen LogP contribution in [0.15, 0.2) is 18.2 Å². The molecule has 1 aromatic carbocycles. The van der Waals surface area contributed by atoms with E-state index in [1.807, 2.05) is 12.1 Å². The van der Waals surface area contributed by atoms with Gasteiger partial charge in [-0.1, -0.05) is 36.2 Å². The van der Waals surface area contributed by atoms with E-state index in [0.717, 1.165) is 23.7 Å². The Morgan fingerprint density at radius 2 is 1.95 bits per heavy atom. The molecule has 4 heteroatoms. The first-order chi connectivity index (χ1) is 8.95. The molecule has 0 spiro atoms. The lowest BCUT2D eigenvalue weighted by atomic mass is 10.1. The summed E-state index contributed by atoms with van der Waals surface area (Å²) >= 11 is 12.1. The van der Waals surface area contributed by atoms with Gasteiger partial charge >= 0.3 is 0 Å². The van der Waals surface area contributed by atoms with Gasteiger partial charge in [-0.05, 0) is 45.0 Å². The minimum Gasteiger partial charge on any atom is -0.309 e. The van der Waals surface area contributed by atoms with Crippen LogP contribution in [0.4, 0.5) is 0 Å². The fourth-order valence-corrected chi connectivity index (χ4v) is 2.52. The molecule has 0 aliphatic heterocycles. The van der Waals surface area contributed by atoms with Gasteiger partial charge in [0.05, 0.1) is 0 Å². The molecule has 1 N–H and O–H groups in total. The van der Waals surface area contributed by atoms with Crippen molar-refractivity contribution in [3.8, 4) is 0 Å². The van der Waals surface area contributed by atoms with Gasteiger partial charge < -0.3 is 10.2 Å². The molecule has 108 valence electrons. The highest BCUT2D eigenvalue weighted by Gasteiger charge is 2.11. The van der Waals surface area contributed by atoms with Gasteiger partial charge in [0.15, 0.2) is 0 Å². The predicted molar refractivity (Wildman–Crippen MR) is 85.3 cm³/mol. The first-order valence-electron chi connectivity index (χ1n) is 6.84. The first-order valence-corrected chi connectivity index (χ1v) is 7.59. The van der Waals surface area contributed by atoms with Gasteiger partial charge in [0.2, 0.25) is 0 Å². The van der Waals surface area contributed by atoms with Gasteiger partial charge in [-0.2, -0.15) is 0 Å². The Kier molecular flexibility index (Phi) is 7.16. The van der Waals surface area contributed by atoms with Gasteiger partial charge in [0.25, 0.3) is 0 Å². The van der Waals surface area contributed by atoms with Crippen LogP contribution in [0.25, 0.3) is 0 Å².